The molecular formula is C17H18N4OS. The molecule has 5 nitrogen and oxygen atoms in total. The lowest BCUT2D eigenvalue weighted by atomic mass is 10.2. The van der Waals surface area contributed by atoms with Crippen molar-refractivity contribution in [2.75, 3.05) is 6.54 Å². The first-order valence-corrected chi connectivity index (χ1v) is 8.33. The third-order valence-corrected chi connectivity index (χ3v) is 4.54. The van der Waals surface area contributed by atoms with Crippen LogP contribution in [0.25, 0.3) is 5.65 Å². The van der Waals surface area contributed by atoms with E-state index in [1.165, 1.54) is 4.90 Å². The molecule has 6 heteroatoms. The van der Waals surface area contributed by atoms with Crippen molar-refractivity contribution in [3.05, 3.63) is 60.0 Å². The maximum atomic E-state index is 12.5. The van der Waals surface area contributed by atoms with Gasteiger partial charge in [-0.3, -0.25) is 4.79 Å². The Morgan fingerprint density at radius 1 is 1.30 bits per heavy atom. The van der Waals surface area contributed by atoms with Gasteiger partial charge in [0.2, 0.25) is 0 Å². The first-order valence-electron chi connectivity index (χ1n) is 7.45. The van der Waals surface area contributed by atoms with Crippen molar-refractivity contribution in [3.8, 4) is 0 Å². The molecule has 0 aliphatic heterocycles. The molecule has 3 aromatic rings. The Balaban J connectivity index is 1.66. The number of hydrogen-bond donors (Lipinski definition) is 1. The Morgan fingerprint density at radius 2 is 2.09 bits per heavy atom. The average Bonchev–Trinajstić information content (AvgIpc) is 2.89. The van der Waals surface area contributed by atoms with Crippen LogP contribution >= 0.6 is 11.8 Å². The van der Waals surface area contributed by atoms with E-state index in [4.69, 9.17) is 0 Å². The van der Waals surface area contributed by atoms with Gasteiger partial charge in [-0.25, -0.2) is 9.50 Å². The lowest BCUT2D eigenvalue weighted by Gasteiger charge is -2.12. The van der Waals surface area contributed by atoms with E-state index >= 15 is 0 Å². The molecule has 0 radical (unpaired) electrons. The molecule has 0 aliphatic rings. The van der Waals surface area contributed by atoms with Crippen LogP contribution in [0.4, 0.5) is 0 Å². The van der Waals surface area contributed by atoms with Crippen LogP contribution < -0.4 is 5.32 Å². The second-order valence-electron chi connectivity index (χ2n) is 5.30. The van der Waals surface area contributed by atoms with Crippen molar-refractivity contribution in [2.45, 2.75) is 24.0 Å². The molecule has 0 spiro atoms. The lowest BCUT2D eigenvalue weighted by molar-refractivity contribution is 0.0955. The molecule has 3 rings (SSSR count). The second kappa shape index (κ2) is 6.83. The van der Waals surface area contributed by atoms with Gasteiger partial charge in [-0.2, -0.15) is 5.10 Å². The van der Waals surface area contributed by atoms with Crippen LogP contribution in [0.3, 0.4) is 0 Å². The molecule has 0 saturated heterocycles. The predicted molar refractivity (Wildman–Crippen MR) is 91.8 cm³/mol. The molecule has 23 heavy (non-hydrogen) atoms. The van der Waals surface area contributed by atoms with Gasteiger partial charge in [0.1, 0.15) is 5.56 Å². The van der Waals surface area contributed by atoms with Crippen molar-refractivity contribution >= 4 is 23.3 Å². The van der Waals surface area contributed by atoms with Gasteiger partial charge >= 0.3 is 0 Å². The number of nitrogens with one attached hydrogen (secondary N) is 1. The Hall–Kier alpha value is -2.34. The monoisotopic (exact) mass is 326 g/mol. The van der Waals surface area contributed by atoms with Crippen LogP contribution in [-0.2, 0) is 0 Å². The SMILES string of the molecule is Cc1nn2cccnc2c1C(=O)NCC(C)Sc1ccccc1. The Bertz CT molecular complexity index is 816. The quantitative estimate of drug-likeness (QED) is 0.732. The number of nitrogens with zero attached hydrogens (tertiary/aromatic N) is 3. The molecule has 118 valence electrons. The average molecular weight is 326 g/mol. The molecule has 0 bridgehead atoms. The van der Waals surface area contributed by atoms with Gasteiger partial charge in [0.25, 0.3) is 5.91 Å². The Labute approximate surface area is 139 Å². The van der Waals surface area contributed by atoms with Crippen molar-refractivity contribution < 1.29 is 4.79 Å². The van der Waals surface area contributed by atoms with Crippen molar-refractivity contribution in [1.29, 1.82) is 0 Å². The predicted octanol–water partition coefficient (Wildman–Crippen LogP) is 2.95. The maximum absolute atomic E-state index is 12.5. The van der Waals surface area contributed by atoms with Gasteiger partial charge in [0.05, 0.1) is 5.69 Å². The van der Waals surface area contributed by atoms with Gasteiger partial charge in [-0.05, 0) is 25.1 Å². The zero-order valence-corrected chi connectivity index (χ0v) is 13.9. The highest BCUT2D eigenvalue weighted by atomic mass is 32.2. The fourth-order valence-electron chi connectivity index (χ4n) is 2.36. The molecule has 0 fully saturated rings. The zero-order valence-electron chi connectivity index (χ0n) is 13.1. The van der Waals surface area contributed by atoms with E-state index in [9.17, 15) is 4.79 Å². The highest BCUT2D eigenvalue weighted by molar-refractivity contribution is 8.00. The minimum atomic E-state index is -0.128. The summed E-state index contributed by atoms with van der Waals surface area (Å²) in [7, 11) is 0. The van der Waals surface area contributed by atoms with Crippen molar-refractivity contribution in [1.82, 2.24) is 19.9 Å². The summed E-state index contributed by atoms with van der Waals surface area (Å²) >= 11 is 1.74. The van der Waals surface area contributed by atoms with Crippen molar-refractivity contribution in [2.24, 2.45) is 0 Å². The lowest BCUT2D eigenvalue weighted by Crippen LogP contribution is -2.29. The van der Waals surface area contributed by atoms with Crippen LogP contribution in [0, 0.1) is 6.92 Å². The number of hydrogen-bond acceptors (Lipinski definition) is 4. The largest absolute Gasteiger partial charge is 0.351 e. The van der Waals surface area contributed by atoms with Crippen molar-refractivity contribution in [3.63, 3.8) is 0 Å². The number of amides is 1. The molecule has 0 aliphatic carbocycles. The van der Waals surface area contributed by atoms with E-state index in [0.717, 1.165) is 0 Å². The van der Waals surface area contributed by atoms with E-state index in [1.54, 1.807) is 34.7 Å². The Kier molecular flexibility index (Phi) is 4.62. The number of thioether (sulfide) groups is 1. The molecule has 2 aromatic heterocycles. The molecule has 2 heterocycles. The van der Waals surface area contributed by atoms with Crippen LogP contribution in [0.1, 0.15) is 23.0 Å². The summed E-state index contributed by atoms with van der Waals surface area (Å²) in [5.74, 6) is -0.128. The van der Waals surface area contributed by atoms with Gasteiger partial charge in [0.15, 0.2) is 5.65 Å². The van der Waals surface area contributed by atoms with Gasteiger partial charge in [0, 0.05) is 29.1 Å². The molecule has 1 atom stereocenters. The van der Waals surface area contributed by atoms with E-state index in [-0.39, 0.29) is 11.2 Å². The van der Waals surface area contributed by atoms with Gasteiger partial charge in [-0.15, -0.1) is 11.8 Å². The van der Waals surface area contributed by atoms with E-state index < -0.39 is 0 Å². The van der Waals surface area contributed by atoms with Crippen LogP contribution in [0.5, 0.6) is 0 Å². The van der Waals surface area contributed by atoms with Gasteiger partial charge in [-0.1, -0.05) is 25.1 Å². The number of aryl methyl sites for hydroxylation is 1. The van der Waals surface area contributed by atoms with Crippen LogP contribution in [-0.4, -0.2) is 32.3 Å². The number of benzene rings is 1. The highest BCUT2D eigenvalue weighted by Gasteiger charge is 2.18. The summed E-state index contributed by atoms with van der Waals surface area (Å²) in [6.07, 6.45) is 3.46. The van der Waals surface area contributed by atoms with E-state index in [1.807, 2.05) is 25.1 Å². The van der Waals surface area contributed by atoms with Crippen LogP contribution in [0.15, 0.2) is 53.7 Å². The number of aromatic nitrogens is 3. The Morgan fingerprint density at radius 3 is 2.87 bits per heavy atom. The molecule has 1 unspecified atom stereocenters. The summed E-state index contributed by atoms with van der Waals surface area (Å²) in [6.45, 7) is 4.51. The zero-order chi connectivity index (χ0) is 16.2. The molecular weight excluding hydrogens is 308 g/mol. The number of carbonyl (C=O) groups excluding carboxylic acids is 1. The van der Waals surface area contributed by atoms with Gasteiger partial charge < -0.3 is 5.32 Å². The third kappa shape index (κ3) is 3.53. The second-order valence-corrected chi connectivity index (χ2v) is 6.81. The fourth-order valence-corrected chi connectivity index (χ4v) is 3.31. The molecule has 0 saturated carbocycles. The first kappa shape index (κ1) is 15.6. The minimum absolute atomic E-state index is 0.128. The number of rotatable bonds is 5. The summed E-state index contributed by atoms with van der Waals surface area (Å²) in [4.78, 5) is 17.9. The van der Waals surface area contributed by atoms with Crippen LogP contribution in [0.2, 0.25) is 0 Å². The fraction of sp³-hybridized carbons (Fsp3) is 0.235. The normalized spacial score (nSPS) is 12.3. The maximum Gasteiger partial charge on any atom is 0.257 e. The topological polar surface area (TPSA) is 59.3 Å². The summed E-state index contributed by atoms with van der Waals surface area (Å²) < 4.78 is 1.63. The van der Waals surface area contributed by atoms with E-state index in [0.29, 0.717) is 23.4 Å². The number of carbonyl (C=O) groups is 1. The molecule has 1 N–H and O–H groups in total. The minimum Gasteiger partial charge on any atom is -0.351 e. The molecule has 1 aromatic carbocycles. The summed E-state index contributed by atoms with van der Waals surface area (Å²) in [5, 5.41) is 7.58. The first-order chi connectivity index (χ1) is 11.1. The molecule has 1 amide bonds. The number of fused-ring (bicyclic) bond motifs is 1. The summed E-state index contributed by atoms with van der Waals surface area (Å²) in [5.41, 5.74) is 1.82. The summed E-state index contributed by atoms with van der Waals surface area (Å²) in [6, 6.07) is 12.0. The standard InChI is InChI=1S/C17H18N4OS/c1-12(23-14-7-4-3-5-8-14)11-19-17(22)15-13(2)20-21-10-6-9-18-16(15)21/h3-10,12H,11H2,1-2H3,(H,19,22). The van der Waals surface area contributed by atoms with E-state index in [2.05, 4.69) is 34.5 Å². The highest BCUT2D eigenvalue weighted by Crippen LogP contribution is 2.22. The smallest absolute Gasteiger partial charge is 0.257 e. The third-order valence-electron chi connectivity index (χ3n) is 3.43.